The molecule has 1 amide bonds. The smallest absolute Gasteiger partial charge is 0.262 e. The van der Waals surface area contributed by atoms with E-state index in [2.05, 4.69) is 23.3 Å². The number of amides is 1. The third-order valence-electron chi connectivity index (χ3n) is 4.98. The molecule has 2 aromatic carbocycles. The van der Waals surface area contributed by atoms with Crippen LogP contribution in [0.15, 0.2) is 48.0 Å². The Kier molecular flexibility index (Phi) is 5.14. The number of nitrogens with zero attached hydrogens (tertiary/aromatic N) is 1. The van der Waals surface area contributed by atoms with Gasteiger partial charge in [0.25, 0.3) is 5.91 Å². The standard InChI is InChI=1S/C23H23N3O/c1-14-9-10-18(11-15(14)2)16(3)26-23(27)19(13-24)12-21-17(4)25-22-8-6-5-7-20(21)22/h5-12,16,25H,1-4H3,(H,26,27)/b19-12-/t16-/m1/s1. The van der Waals surface area contributed by atoms with Crippen molar-refractivity contribution in [2.75, 3.05) is 0 Å². The molecular formula is C23H23N3O. The highest BCUT2D eigenvalue weighted by molar-refractivity contribution is 6.04. The molecule has 0 aliphatic rings. The maximum atomic E-state index is 12.7. The number of H-pyrrole nitrogens is 1. The topological polar surface area (TPSA) is 68.7 Å². The van der Waals surface area contributed by atoms with E-state index in [1.807, 2.05) is 63.2 Å². The number of carbonyl (C=O) groups is 1. The average Bonchev–Trinajstić information content (AvgIpc) is 2.96. The Labute approximate surface area is 159 Å². The first kappa shape index (κ1) is 18.5. The summed E-state index contributed by atoms with van der Waals surface area (Å²) < 4.78 is 0. The fourth-order valence-electron chi connectivity index (χ4n) is 3.17. The lowest BCUT2D eigenvalue weighted by molar-refractivity contribution is -0.117. The summed E-state index contributed by atoms with van der Waals surface area (Å²) >= 11 is 0. The molecule has 3 rings (SSSR count). The minimum Gasteiger partial charge on any atom is -0.358 e. The first-order valence-electron chi connectivity index (χ1n) is 8.98. The lowest BCUT2D eigenvalue weighted by Gasteiger charge is -2.15. The van der Waals surface area contributed by atoms with E-state index in [4.69, 9.17) is 0 Å². The van der Waals surface area contributed by atoms with Crippen LogP contribution < -0.4 is 5.32 Å². The number of benzene rings is 2. The molecule has 0 saturated heterocycles. The summed E-state index contributed by atoms with van der Waals surface area (Å²) in [5, 5.41) is 13.5. The van der Waals surface area contributed by atoms with Gasteiger partial charge >= 0.3 is 0 Å². The molecule has 3 aromatic rings. The number of hydrogen-bond donors (Lipinski definition) is 2. The van der Waals surface area contributed by atoms with Gasteiger partial charge in [0.15, 0.2) is 0 Å². The highest BCUT2D eigenvalue weighted by Crippen LogP contribution is 2.24. The molecule has 136 valence electrons. The second kappa shape index (κ2) is 7.51. The third kappa shape index (κ3) is 3.78. The van der Waals surface area contributed by atoms with Crippen LogP contribution in [-0.4, -0.2) is 10.9 Å². The fourth-order valence-corrected chi connectivity index (χ4v) is 3.17. The molecule has 0 bridgehead atoms. The van der Waals surface area contributed by atoms with Gasteiger partial charge in [0.05, 0.1) is 6.04 Å². The number of nitrogens with one attached hydrogen (secondary N) is 2. The zero-order valence-electron chi connectivity index (χ0n) is 16.1. The van der Waals surface area contributed by atoms with Gasteiger partial charge in [0.2, 0.25) is 0 Å². The predicted molar refractivity (Wildman–Crippen MR) is 109 cm³/mol. The summed E-state index contributed by atoms with van der Waals surface area (Å²) in [5.74, 6) is -0.368. The van der Waals surface area contributed by atoms with Crippen LogP contribution >= 0.6 is 0 Å². The molecule has 0 unspecified atom stereocenters. The van der Waals surface area contributed by atoms with Crippen molar-refractivity contribution in [1.29, 1.82) is 5.26 Å². The minimum absolute atomic E-state index is 0.0959. The molecule has 1 atom stereocenters. The first-order valence-corrected chi connectivity index (χ1v) is 8.98. The Morgan fingerprint density at radius 2 is 1.89 bits per heavy atom. The van der Waals surface area contributed by atoms with Gasteiger partial charge < -0.3 is 10.3 Å². The van der Waals surface area contributed by atoms with Gasteiger partial charge in [-0.3, -0.25) is 4.79 Å². The zero-order valence-corrected chi connectivity index (χ0v) is 16.1. The van der Waals surface area contributed by atoms with E-state index in [-0.39, 0.29) is 17.5 Å². The van der Waals surface area contributed by atoms with E-state index in [1.54, 1.807) is 6.08 Å². The number of para-hydroxylation sites is 1. The van der Waals surface area contributed by atoms with Crippen LogP contribution in [0.2, 0.25) is 0 Å². The summed E-state index contributed by atoms with van der Waals surface area (Å²) in [6.45, 7) is 7.97. The number of aromatic amines is 1. The van der Waals surface area contributed by atoms with Gasteiger partial charge in [-0.15, -0.1) is 0 Å². The van der Waals surface area contributed by atoms with Crippen molar-refractivity contribution >= 4 is 22.9 Å². The number of nitriles is 1. The molecule has 1 aromatic heterocycles. The Morgan fingerprint density at radius 1 is 1.15 bits per heavy atom. The monoisotopic (exact) mass is 357 g/mol. The quantitative estimate of drug-likeness (QED) is 0.516. The molecule has 4 nitrogen and oxygen atoms in total. The van der Waals surface area contributed by atoms with Crippen molar-refractivity contribution in [1.82, 2.24) is 10.3 Å². The lowest BCUT2D eigenvalue weighted by atomic mass is 10.0. The second-order valence-electron chi connectivity index (χ2n) is 6.92. The second-order valence-corrected chi connectivity index (χ2v) is 6.92. The molecule has 4 heteroatoms. The van der Waals surface area contributed by atoms with E-state index in [0.29, 0.717) is 0 Å². The van der Waals surface area contributed by atoms with E-state index in [0.717, 1.165) is 27.7 Å². The predicted octanol–water partition coefficient (Wildman–Crippen LogP) is 4.88. The van der Waals surface area contributed by atoms with E-state index in [1.165, 1.54) is 11.1 Å². The van der Waals surface area contributed by atoms with Crippen molar-refractivity contribution in [2.45, 2.75) is 33.7 Å². The van der Waals surface area contributed by atoms with Gasteiger partial charge in [0.1, 0.15) is 11.6 Å². The van der Waals surface area contributed by atoms with Crippen LogP contribution in [0.1, 0.15) is 40.9 Å². The third-order valence-corrected chi connectivity index (χ3v) is 4.98. The Morgan fingerprint density at radius 3 is 2.59 bits per heavy atom. The number of hydrogen-bond acceptors (Lipinski definition) is 2. The van der Waals surface area contributed by atoms with Gasteiger partial charge in [-0.05, 0) is 56.5 Å². The molecule has 0 spiro atoms. The average molecular weight is 357 g/mol. The van der Waals surface area contributed by atoms with Crippen molar-refractivity contribution in [3.8, 4) is 6.07 Å². The summed E-state index contributed by atoms with van der Waals surface area (Å²) in [6, 6.07) is 15.8. The Bertz CT molecular complexity index is 1080. The minimum atomic E-state index is -0.368. The van der Waals surface area contributed by atoms with Crippen LogP contribution in [0.5, 0.6) is 0 Å². The van der Waals surface area contributed by atoms with Crippen molar-refractivity contribution in [3.63, 3.8) is 0 Å². The molecule has 0 fully saturated rings. The van der Waals surface area contributed by atoms with Crippen LogP contribution in [-0.2, 0) is 4.79 Å². The Hall–Kier alpha value is -3.32. The van der Waals surface area contributed by atoms with Gasteiger partial charge in [-0.1, -0.05) is 36.4 Å². The molecule has 27 heavy (non-hydrogen) atoms. The van der Waals surface area contributed by atoms with E-state index in [9.17, 15) is 10.1 Å². The molecule has 0 aliphatic carbocycles. The van der Waals surface area contributed by atoms with Gasteiger partial charge in [-0.2, -0.15) is 5.26 Å². The van der Waals surface area contributed by atoms with Crippen molar-refractivity contribution < 1.29 is 4.79 Å². The molecule has 1 heterocycles. The lowest BCUT2D eigenvalue weighted by Crippen LogP contribution is -2.27. The maximum absolute atomic E-state index is 12.7. The number of aryl methyl sites for hydroxylation is 3. The van der Waals surface area contributed by atoms with Crippen molar-refractivity contribution in [2.24, 2.45) is 0 Å². The van der Waals surface area contributed by atoms with Crippen LogP contribution in [0.3, 0.4) is 0 Å². The van der Waals surface area contributed by atoms with Crippen LogP contribution in [0.25, 0.3) is 17.0 Å². The van der Waals surface area contributed by atoms with Gasteiger partial charge in [0, 0.05) is 22.2 Å². The highest BCUT2D eigenvalue weighted by Gasteiger charge is 2.16. The maximum Gasteiger partial charge on any atom is 0.262 e. The SMILES string of the molecule is Cc1ccc([C@@H](C)NC(=O)/C(C#N)=C\c2c(C)[nH]c3ccccc23)cc1C. The number of carbonyl (C=O) groups excluding carboxylic acids is 1. The molecule has 0 aliphatic heterocycles. The highest BCUT2D eigenvalue weighted by atomic mass is 16.1. The number of rotatable bonds is 4. The van der Waals surface area contributed by atoms with Gasteiger partial charge in [-0.25, -0.2) is 0 Å². The summed E-state index contributed by atoms with van der Waals surface area (Å²) in [4.78, 5) is 16.0. The van der Waals surface area contributed by atoms with E-state index >= 15 is 0 Å². The summed E-state index contributed by atoms with van der Waals surface area (Å²) in [6.07, 6.45) is 1.66. The summed E-state index contributed by atoms with van der Waals surface area (Å²) in [7, 11) is 0. The van der Waals surface area contributed by atoms with Crippen LogP contribution in [0.4, 0.5) is 0 Å². The summed E-state index contributed by atoms with van der Waals surface area (Å²) in [5.41, 5.74) is 6.30. The molecule has 0 radical (unpaired) electrons. The fraction of sp³-hybridized carbons (Fsp3) is 0.217. The number of fused-ring (bicyclic) bond motifs is 1. The molecule has 0 saturated carbocycles. The first-order chi connectivity index (χ1) is 12.9. The van der Waals surface area contributed by atoms with Crippen LogP contribution in [0, 0.1) is 32.1 Å². The zero-order chi connectivity index (χ0) is 19.6. The normalized spacial score (nSPS) is 12.6. The van der Waals surface area contributed by atoms with E-state index < -0.39 is 0 Å². The Balaban J connectivity index is 1.87. The molecule has 2 N–H and O–H groups in total. The van der Waals surface area contributed by atoms with Crippen molar-refractivity contribution in [3.05, 3.63) is 76.0 Å². The largest absolute Gasteiger partial charge is 0.358 e. The number of aromatic nitrogens is 1. The molecular weight excluding hydrogens is 334 g/mol.